The minimum Gasteiger partial charge on any atom is -0.480 e. The molecule has 1 heterocycles. The van der Waals surface area contributed by atoms with Crippen LogP contribution in [-0.4, -0.2) is 37.0 Å². The van der Waals surface area contributed by atoms with E-state index < -0.39 is 46.5 Å². The normalized spacial score (nSPS) is 16.3. The van der Waals surface area contributed by atoms with Gasteiger partial charge in [-0.05, 0) is 18.2 Å². The lowest BCUT2D eigenvalue weighted by molar-refractivity contribution is -0.135. The SMILES string of the molecule is O=C(O)CN1CN(Cc2cc(F)c(F)cc2F)S(=O)(=O)c2ccccc21. The van der Waals surface area contributed by atoms with Crippen LogP contribution < -0.4 is 4.90 Å². The van der Waals surface area contributed by atoms with Crippen molar-refractivity contribution in [1.29, 1.82) is 0 Å². The number of hydrogen-bond acceptors (Lipinski definition) is 4. The standard InChI is InChI=1S/C16H13F3N2O4S/c17-11-6-13(19)12(18)5-10(11)7-21-9-20(8-16(22)23)14-3-1-2-4-15(14)26(21,24)25/h1-6H,7-9H2,(H,22,23). The third-order valence-electron chi connectivity index (χ3n) is 3.91. The van der Waals surface area contributed by atoms with E-state index in [0.717, 1.165) is 4.31 Å². The molecule has 2 aromatic carbocycles. The first-order chi connectivity index (χ1) is 12.2. The maximum absolute atomic E-state index is 13.9. The summed E-state index contributed by atoms with van der Waals surface area (Å²) >= 11 is 0. The van der Waals surface area contributed by atoms with E-state index in [2.05, 4.69) is 0 Å². The number of para-hydroxylation sites is 1. The number of halogens is 3. The van der Waals surface area contributed by atoms with Gasteiger partial charge in [0.1, 0.15) is 17.3 Å². The first-order valence-corrected chi connectivity index (χ1v) is 8.83. The molecule has 0 radical (unpaired) electrons. The Balaban J connectivity index is 2.03. The second-order valence-electron chi connectivity index (χ2n) is 5.67. The van der Waals surface area contributed by atoms with Crippen LogP contribution in [0.4, 0.5) is 18.9 Å². The number of carboxylic acid groups (broad SMARTS) is 1. The summed E-state index contributed by atoms with van der Waals surface area (Å²) in [5.74, 6) is -4.97. The molecule has 26 heavy (non-hydrogen) atoms. The molecule has 6 nitrogen and oxygen atoms in total. The number of rotatable bonds is 4. The van der Waals surface area contributed by atoms with Crippen LogP contribution in [0.3, 0.4) is 0 Å². The van der Waals surface area contributed by atoms with E-state index in [1.54, 1.807) is 6.07 Å². The lowest BCUT2D eigenvalue weighted by Gasteiger charge is -2.36. The van der Waals surface area contributed by atoms with Crippen molar-refractivity contribution in [3.05, 3.63) is 59.4 Å². The van der Waals surface area contributed by atoms with Crippen LogP contribution in [0.2, 0.25) is 0 Å². The van der Waals surface area contributed by atoms with Crippen molar-refractivity contribution in [2.45, 2.75) is 11.4 Å². The van der Waals surface area contributed by atoms with Crippen molar-refractivity contribution in [1.82, 2.24) is 4.31 Å². The van der Waals surface area contributed by atoms with E-state index in [0.29, 0.717) is 12.1 Å². The van der Waals surface area contributed by atoms with E-state index in [-0.39, 0.29) is 22.8 Å². The average Bonchev–Trinajstić information content (AvgIpc) is 2.56. The molecule has 138 valence electrons. The van der Waals surface area contributed by atoms with Gasteiger partial charge in [0.05, 0.1) is 12.4 Å². The van der Waals surface area contributed by atoms with E-state index >= 15 is 0 Å². The van der Waals surface area contributed by atoms with Gasteiger partial charge in [-0.25, -0.2) is 21.6 Å². The fourth-order valence-corrected chi connectivity index (χ4v) is 4.32. The predicted molar refractivity (Wildman–Crippen MR) is 85.3 cm³/mol. The van der Waals surface area contributed by atoms with Crippen LogP contribution in [0.25, 0.3) is 0 Å². The fourth-order valence-electron chi connectivity index (χ4n) is 2.73. The minimum absolute atomic E-state index is 0.143. The van der Waals surface area contributed by atoms with Crippen LogP contribution in [-0.2, 0) is 21.4 Å². The molecular weight excluding hydrogens is 373 g/mol. The average molecular weight is 386 g/mol. The number of carboxylic acids is 1. The number of carbonyl (C=O) groups is 1. The molecule has 0 aromatic heterocycles. The first-order valence-electron chi connectivity index (χ1n) is 7.39. The fraction of sp³-hybridized carbons (Fsp3) is 0.188. The summed E-state index contributed by atoms with van der Waals surface area (Å²) in [6.07, 6.45) is 0. The number of sulfonamides is 1. The van der Waals surface area contributed by atoms with Gasteiger partial charge in [0.25, 0.3) is 0 Å². The quantitative estimate of drug-likeness (QED) is 0.815. The lowest BCUT2D eigenvalue weighted by Crippen LogP contribution is -2.47. The van der Waals surface area contributed by atoms with Crippen LogP contribution in [0.1, 0.15) is 5.56 Å². The number of fused-ring (bicyclic) bond motifs is 1. The molecule has 3 rings (SSSR count). The summed E-state index contributed by atoms with van der Waals surface area (Å²) in [4.78, 5) is 12.2. The molecule has 0 amide bonds. The van der Waals surface area contributed by atoms with E-state index in [4.69, 9.17) is 5.11 Å². The van der Waals surface area contributed by atoms with Crippen molar-refractivity contribution in [3.63, 3.8) is 0 Å². The molecule has 1 N–H and O–H groups in total. The number of nitrogens with zero attached hydrogens (tertiary/aromatic N) is 2. The van der Waals surface area contributed by atoms with Crippen LogP contribution in [0.15, 0.2) is 41.3 Å². The Morgan fingerprint density at radius 3 is 2.42 bits per heavy atom. The van der Waals surface area contributed by atoms with Gasteiger partial charge < -0.3 is 10.0 Å². The van der Waals surface area contributed by atoms with Crippen molar-refractivity contribution in [3.8, 4) is 0 Å². The van der Waals surface area contributed by atoms with Crippen LogP contribution in [0, 0.1) is 17.5 Å². The van der Waals surface area contributed by atoms with E-state index in [1.165, 1.54) is 23.1 Å². The molecule has 0 aliphatic carbocycles. The monoisotopic (exact) mass is 386 g/mol. The third kappa shape index (κ3) is 3.25. The van der Waals surface area contributed by atoms with Gasteiger partial charge in [-0.1, -0.05) is 12.1 Å². The third-order valence-corrected chi connectivity index (χ3v) is 5.74. The summed E-state index contributed by atoms with van der Waals surface area (Å²) in [5.41, 5.74) is -0.154. The molecule has 0 saturated heterocycles. The molecule has 0 fully saturated rings. The van der Waals surface area contributed by atoms with E-state index in [1.807, 2.05) is 0 Å². The predicted octanol–water partition coefficient (Wildman–Crippen LogP) is 2.16. The van der Waals surface area contributed by atoms with Crippen molar-refractivity contribution in [2.75, 3.05) is 18.1 Å². The van der Waals surface area contributed by atoms with Gasteiger partial charge in [-0.2, -0.15) is 4.31 Å². The highest BCUT2D eigenvalue weighted by Gasteiger charge is 2.36. The Bertz CT molecular complexity index is 981. The smallest absolute Gasteiger partial charge is 0.323 e. The molecule has 0 unspecified atom stereocenters. The number of aliphatic carboxylic acids is 1. The highest BCUT2D eigenvalue weighted by atomic mass is 32.2. The van der Waals surface area contributed by atoms with Gasteiger partial charge in [0, 0.05) is 18.2 Å². The van der Waals surface area contributed by atoms with E-state index in [9.17, 15) is 26.4 Å². The summed E-state index contributed by atoms with van der Waals surface area (Å²) in [7, 11) is -4.07. The molecule has 0 saturated carbocycles. The highest BCUT2D eigenvalue weighted by Crippen LogP contribution is 2.34. The van der Waals surface area contributed by atoms with Crippen molar-refractivity contribution >= 4 is 21.7 Å². The first kappa shape index (κ1) is 18.2. The Labute approximate surface area is 147 Å². The Morgan fingerprint density at radius 2 is 1.73 bits per heavy atom. The van der Waals surface area contributed by atoms with Crippen molar-refractivity contribution in [2.24, 2.45) is 0 Å². The topological polar surface area (TPSA) is 77.9 Å². The van der Waals surface area contributed by atoms with Gasteiger partial charge in [-0.15, -0.1) is 0 Å². The Kier molecular flexibility index (Phi) is 4.63. The van der Waals surface area contributed by atoms with Gasteiger partial charge in [0.15, 0.2) is 11.6 Å². The zero-order chi connectivity index (χ0) is 19.1. The zero-order valence-electron chi connectivity index (χ0n) is 13.2. The largest absolute Gasteiger partial charge is 0.480 e. The molecular formula is C16H13F3N2O4S. The number of hydrogen-bond donors (Lipinski definition) is 1. The lowest BCUT2D eigenvalue weighted by atomic mass is 10.2. The summed E-state index contributed by atoms with van der Waals surface area (Å²) in [6.45, 7) is -1.43. The summed E-state index contributed by atoms with van der Waals surface area (Å²) < 4.78 is 66.7. The molecule has 0 bridgehead atoms. The highest BCUT2D eigenvalue weighted by molar-refractivity contribution is 7.89. The van der Waals surface area contributed by atoms with Gasteiger partial charge in [-0.3, -0.25) is 4.79 Å². The molecule has 10 heteroatoms. The molecule has 1 aliphatic heterocycles. The number of anilines is 1. The van der Waals surface area contributed by atoms with Crippen molar-refractivity contribution < 1.29 is 31.5 Å². The van der Waals surface area contributed by atoms with Crippen LogP contribution >= 0.6 is 0 Å². The zero-order valence-corrected chi connectivity index (χ0v) is 14.0. The number of benzene rings is 2. The molecule has 0 atom stereocenters. The molecule has 0 spiro atoms. The van der Waals surface area contributed by atoms with Gasteiger partial charge in [0.2, 0.25) is 10.0 Å². The molecule has 2 aromatic rings. The maximum Gasteiger partial charge on any atom is 0.323 e. The minimum atomic E-state index is -4.07. The second kappa shape index (κ2) is 6.61. The van der Waals surface area contributed by atoms with Gasteiger partial charge >= 0.3 is 5.97 Å². The maximum atomic E-state index is 13.9. The Hall–Kier alpha value is -2.59. The second-order valence-corrected chi connectivity index (χ2v) is 7.58. The Morgan fingerprint density at radius 1 is 1.08 bits per heavy atom. The molecule has 1 aliphatic rings. The summed E-state index contributed by atoms with van der Waals surface area (Å²) in [5, 5.41) is 9.05. The summed E-state index contributed by atoms with van der Waals surface area (Å²) in [6, 6.07) is 6.72. The van der Waals surface area contributed by atoms with Crippen LogP contribution in [0.5, 0.6) is 0 Å².